The van der Waals surface area contributed by atoms with Crippen LogP contribution in [0.15, 0.2) is 30.3 Å². The quantitative estimate of drug-likeness (QED) is 0.641. The van der Waals surface area contributed by atoms with Crippen molar-refractivity contribution in [3.8, 4) is 0 Å². The van der Waals surface area contributed by atoms with Crippen molar-refractivity contribution in [2.24, 2.45) is 0 Å². The molecular formula is C12H16O. The van der Waals surface area contributed by atoms with Crippen molar-refractivity contribution in [3.63, 3.8) is 0 Å². The summed E-state index contributed by atoms with van der Waals surface area (Å²) in [5.74, 6) is 0. The van der Waals surface area contributed by atoms with Crippen LogP contribution in [0.5, 0.6) is 0 Å². The number of unbranched alkanes of at least 4 members (excludes halogenated alkanes) is 1. The Morgan fingerprint density at radius 1 is 1.23 bits per heavy atom. The van der Waals surface area contributed by atoms with Crippen LogP contribution < -0.4 is 0 Å². The summed E-state index contributed by atoms with van der Waals surface area (Å²) in [6.45, 7) is 2.22. The summed E-state index contributed by atoms with van der Waals surface area (Å²) in [5, 5.41) is 0. The van der Waals surface area contributed by atoms with E-state index in [1.807, 2.05) is 6.07 Å². The number of epoxide rings is 1. The fourth-order valence-corrected chi connectivity index (χ4v) is 1.70. The number of hydrogen-bond donors (Lipinski definition) is 0. The van der Waals surface area contributed by atoms with Crippen molar-refractivity contribution in [2.45, 2.75) is 38.4 Å². The molecule has 0 amide bonds. The molecule has 0 aromatic heterocycles. The van der Waals surface area contributed by atoms with Gasteiger partial charge in [0.1, 0.15) is 6.10 Å². The van der Waals surface area contributed by atoms with Gasteiger partial charge in [0.05, 0.1) is 6.10 Å². The minimum absolute atomic E-state index is 0.396. The fraction of sp³-hybridized carbons (Fsp3) is 0.500. The number of hydrogen-bond acceptors (Lipinski definition) is 1. The molecule has 1 aliphatic rings. The van der Waals surface area contributed by atoms with Crippen LogP contribution in [-0.2, 0) is 4.74 Å². The maximum Gasteiger partial charge on any atom is 0.109 e. The summed E-state index contributed by atoms with van der Waals surface area (Å²) in [4.78, 5) is 0. The topological polar surface area (TPSA) is 12.5 Å². The van der Waals surface area contributed by atoms with Crippen LogP contribution in [0.3, 0.4) is 0 Å². The van der Waals surface area contributed by atoms with E-state index in [-0.39, 0.29) is 0 Å². The minimum Gasteiger partial charge on any atom is -0.365 e. The molecule has 1 aliphatic heterocycles. The zero-order chi connectivity index (χ0) is 9.10. The maximum atomic E-state index is 5.61. The fourth-order valence-electron chi connectivity index (χ4n) is 1.70. The normalized spacial score (nSPS) is 25.9. The smallest absolute Gasteiger partial charge is 0.109 e. The van der Waals surface area contributed by atoms with Gasteiger partial charge in [-0.25, -0.2) is 0 Å². The highest BCUT2D eigenvalue weighted by Gasteiger charge is 2.38. The van der Waals surface area contributed by atoms with Gasteiger partial charge in [-0.2, -0.15) is 0 Å². The van der Waals surface area contributed by atoms with Gasteiger partial charge in [-0.1, -0.05) is 50.1 Å². The first-order chi connectivity index (χ1) is 6.42. The molecule has 1 fully saturated rings. The zero-order valence-electron chi connectivity index (χ0n) is 8.07. The van der Waals surface area contributed by atoms with Crippen LogP contribution in [-0.4, -0.2) is 6.10 Å². The Balaban J connectivity index is 1.86. The first kappa shape index (κ1) is 8.76. The van der Waals surface area contributed by atoms with Gasteiger partial charge in [-0.3, -0.25) is 0 Å². The average molecular weight is 176 g/mol. The molecule has 1 aromatic carbocycles. The van der Waals surface area contributed by atoms with Gasteiger partial charge >= 0.3 is 0 Å². The van der Waals surface area contributed by atoms with E-state index in [1.165, 1.54) is 24.8 Å². The Morgan fingerprint density at radius 2 is 2.00 bits per heavy atom. The molecule has 1 nitrogen and oxygen atoms in total. The van der Waals surface area contributed by atoms with Gasteiger partial charge in [-0.15, -0.1) is 0 Å². The van der Waals surface area contributed by atoms with Gasteiger partial charge in [0.25, 0.3) is 0 Å². The summed E-state index contributed by atoms with van der Waals surface area (Å²) in [6, 6.07) is 10.5. The Bertz CT molecular complexity index is 255. The molecule has 1 heteroatoms. The lowest BCUT2D eigenvalue weighted by atomic mass is 10.1. The highest BCUT2D eigenvalue weighted by Crippen LogP contribution is 2.41. The number of benzene rings is 1. The van der Waals surface area contributed by atoms with Crippen LogP contribution in [0, 0.1) is 0 Å². The molecule has 70 valence electrons. The van der Waals surface area contributed by atoms with Crippen molar-refractivity contribution in [1.29, 1.82) is 0 Å². The summed E-state index contributed by atoms with van der Waals surface area (Å²) in [6.07, 6.45) is 4.67. The third kappa shape index (κ3) is 2.10. The molecule has 1 heterocycles. The van der Waals surface area contributed by atoms with E-state index in [1.54, 1.807) is 0 Å². The SMILES string of the molecule is CCCC[C@H]1O[C@@H]1c1ccccc1. The molecule has 1 aromatic rings. The Labute approximate surface area is 79.7 Å². The van der Waals surface area contributed by atoms with E-state index in [9.17, 15) is 0 Å². The van der Waals surface area contributed by atoms with E-state index >= 15 is 0 Å². The Morgan fingerprint density at radius 3 is 2.69 bits per heavy atom. The second-order valence-electron chi connectivity index (χ2n) is 3.65. The van der Waals surface area contributed by atoms with Crippen molar-refractivity contribution in [2.75, 3.05) is 0 Å². The molecule has 1 saturated heterocycles. The summed E-state index contributed by atoms with van der Waals surface area (Å²) < 4.78 is 5.61. The number of rotatable bonds is 4. The predicted molar refractivity (Wildman–Crippen MR) is 53.6 cm³/mol. The van der Waals surface area contributed by atoms with Crippen LogP contribution in [0.2, 0.25) is 0 Å². The van der Waals surface area contributed by atoms with E-state index in [0.717, 1.165) is 0 Å². The van der Waals surface area contributed by atoms with Crippen LogP contribution in [0.4, 0.5) is 0 Å². The molecular weight excluding hydrogens is 160 g/mol. The zero-order valence-corrected chi connectivity index (χ0v) is 8.07. The van der Waals surface area contributed by atoms with E-state index in [4.69, 9.17) is 4.74 Å². The van der Waals surface area contributed by atoms with Crippen molar-refractivity contribution in [3.05, 3.63) is 35.9 Å². The Hall–Kier alpha value is -0.820. The van der Waals surface area contributed by atoms with Gasteiger partial charge in [0, 0.05) is 0 Å². The lowest BCUT2D eigenvalue weighted by Gasteiger charge is -1.94. The van der Waals surface area contributed by atoms with Crippen molar-refractivity contribution < 1.29 is 4.74 Å². The third-order valence-electron chi connectivity index (χ3n) is 2.55. The minimum atomic E-state index is 0.396. The largest absolute Gasteiger partial charge is 0.365 e. The lowest BCUT2D eigenvalue weighted by Crippen LogP contribution is -1.88. The second-order valence-corrected chi connectivity index (χ2v) is 3.65. The van der Waals surface area contributed by atoms with Crippen LogP contribution in [0.25, 0.3) is 0 Å². The van der Waals surface area contributed by atoms with Gasteiger partial charge < -0.3 is 4.74 Å². The highest BCUT2D eigenvalue weighted by molar-refractivity contribution is 5.22. The molecule has 0 spiro atoms. The van der Waals surface area contributed by atoms with E-state index < -0.39 is 0 Å². The average Bonchev–Trinajstić information content (AvgIpc) is 2.95. The molecule has 0 aliphatic carbocycles. The molecule has 0 N–H and O–H groups in total. The van der Waals surface area contributed by atoms with Gasteiger partial charge in [0.2, 0.25) is 0 Å². The standard InChI is InChI=1S/C12H16O/c1-2-3-9-11-12(13-11)10-7-5-4-6-8-10/h4-8,11-12H,2-3,9H2,1H3/t11-,12-/m1/s1. The number of ether oxygens (including phenoxy) is 1. The maximum absolute atomic E-state index is 5.61. The molecule has 0 saturated carbocycles. The predicted octanol–water partition coefficient (Wildman–Crippen LogP) is 3.32. The van der Waals surface area contributed by atoms with Gasteiger partial charge in [-0.05, 0) is 12.0 Å². The molecule has 0 radical (unpaired) electrons. The van der Waals surface area contributed by atoms with E-state index in [0.29, 0.717) is 12.2 Å². The summed E-state index contributed by atoms with van der Waals surface area (Å²) >= 11 is 0. The highest BCUT2D eigenvalue weighted by atomic mass is 16.6. The molecule has 13 heavy (non-hydrogen) atoms. The first-order valence-corrected chi connectivity index (χ1v) is 5.12. The van der Waals surface area contributed by atoms with Gasteiger partial charge in [0.15, 0.2) is 0 Å². The van der Waals surface area contributed by atoms with Crippen molar-refractivity contribution in [1.82, 2.24) is 0 Å². The van der Waals surface area contributed by atoms with E-state index in [2.05, 4.69) is 31.2 Å². The van der Waals surface area contributed by atoms with Crippen LogP contribution in [0.1, 0.15) is 37.9 Å². The van der Waals surface area contributed by atoms with Crippen molar-refractivity contribution >= 4 is 0 Å². The van der Waals surface area contributed by atoms with Crippen LogP contribution >= 0.6 is 0 Å². The lowest BCUT2D eigenvalue weighted by molar-refractivity contribution is 0.362. The second kappa shape index (κ2) is 3.93. The first-order valence-electron chi connectivity index (χ1n) is 5.12. The monoisotopic (exact) mass is 176 g/mol. The summed E-state index contributed by atoms with van der Waals surface area (Å²) in [5.41, 5.74) is 1.34. The Kier molecular flexibility index (Phi) is 2.65. The molecule has 2 rings (SSSR count). The summed E-state index contributed by atoms with van der Waals surface area (Å²) in [7, 11) is 0. The molecule has 2 atom stereocenters. The molecule has 0 unspecified atom stereocenters. The molecule has 0 bridgehead atoms. The third-order valence-corrected chi connectivity index (χ3v) is 2.55.